The van der Waals surface area contributed by atoms with Crippen molar-refractivity contribution in [3.05, 3.63) is 89.7 Å². The molecule has 0 saturated heterocycles. The fourth-order valence-corrected chi connectivity index (χ4v) is 4.91. The molecule has 0 fully saturated rings. The first kappa shape index (κ1) is 25.8. The number of anilines is 1. The largest absolute Gasteiger partial charge is 0.280 e. The molecule has 1 aromatic heterocycles. The second-order valence-electron chi connectivity index (χ2n) is 7.59. The molecule has 190 valence electrons. The number of rotatable bonds is 8. The van der Waals surface area contributed by atoms with Gasteiger partial charge in [-0.05, 0) is 71.4 Å². The summed E-state index contributed by atoms with van der Waals surface area (Å²) in [6, 6.07) is 17.5. The van der Waals surface area contributed by atoms with Crippen LogP contribution in [0.4, 0.5) is 10.1 Å². The predicted molar refractivity (Wildman–Crippen MR) is 134 cm³/mol. The number of aryl methyl sites for hydroxylation is 1. The van der Waals surface area contributed by atoms with Crippen molar-refractivity contribution in [3.63, 3.8) is 0 Å². The van der Waals surface area contributed by atoms with E-state index in [0.29, 0.717) is 5.16 Å². The monoisotopic (exact) mass is 541 g/mol. The minimum atomic E-state index is -4.04. The van der Waals surface area contributed by atoms with Crippen molar-refractivity contribution in [3.8, 4) is 5.69 Å². The van der Waals surface area contributed by atoms with Gasteiger partial charge < -0.3 is 0 Å². The summed E-state index contributed by atoms with van der Waals surface area (Å²) in [6.07, 6.45) is 0. The molecule has 4 rings (SSSR count). The van der Waals surface area contributed by atoms with Crippen LogP contribution in [0.5, 0.6) is 0 Å². The van der Waals surface area contributed by atoms with Crippen LogP contribution >= 0.6 is 11.8 Å². The van der Waals surface area contributed by atoms with Crippen LogP contribution in [0.2, 0.25) is 0 Å². The van der Waals surface area contributed by atoms with E-state index in [1.165, 1.54) is 35.0 Å². The summed E-state index contributed by atoms with van der Waals surface area (Å²) in [5, 5.41) is 11.9. The molecule has 3 N–H and O–H groups in total. The summed E-state index contributed by atoms with van der Waals surface area (Å²) in [5.74, 6) is -1.85. The van der Waals surface area contributed by atoms with E-state index in [-0.39, 0.29) is 21.9 Å². The number of carbonyl (C=O) groups is 2. The second kappa shape index (κ2) is 11.2. The van der Waals surface area contributed by atoms with Crippen LogP contribution in [0.3, 0.4) is 0 Å². The van der Waals surface area contributed by atoms with Gasteiger partial charge in [0, 0.05) is 11.3 Å². The van der Waals surface area contributed by atoms with Crippen LogP contribution in [0.1, 0.15) is 15.9 Å². The van der Waals surface area contributed by atoms with Crippen molar-refractivity contribution in [2.75, 3.05) is 10.5 Å². The lowest BCUT2D eigenvalue weighted by Crippen LogP contribution is -2.42. The molecule has 0 aliphatic rings. The number of thioether (sulfide) groups is 1. The maximum absolute atomic E-state index is 13.1. The molecule has 3 aromatic carbocycles. The summed E-state index contributed by atoms with van der Waals surface area (Å²) >= 11 is 1.07. The van der Waals surface area contributed by atoms with E-state index in [4.69, 9.17) is 0 Å². The van der Waals surface area contributed by atoms with Gasteiger partial charge in [0.05, 0.1) is 16.3 Å². The molecule has 0 unspecified atom stereocenters. The highest BCUT2D eigenvalue weighted by atomic mass is 32.2. The third-order valence-corrected chi connectivity index (χ3v) is 7.23. The van der Waals surface area contributed by atoms with Crippen LogP contribution in [0.15, 0.2) is 82.8 Å². The number of hydrazine groups is 1. The highest BCUT2D eigenvalue weighted by molar-refractivity contribution is 7.99. The standard InChI is InChI=1S/C23H20FN7O4S2/c1-15-5-2-3-8-20(15)31-23(27-29-30-31)36-14-21(32)25-26-22(33)16-6-4-7-19(13-16)37(34,35)28-18-11-9-17(24)10-12-18/h2-13,28H,14H2,1H3,(H,25,32)(H,26,33). The molecule has 0 radical (unpaired) electrons. The van der Waals surface area contributed by atoms with Gasteiger partial charge >= 0.3 is 0 Å². The van der Waals surface area contributed by atoms with E-state index in [1.54, 1.807) is 0 Å². The van der Waals surface area contributed by atoms with Crippen molar-refractivity contribution >= 4 is 39.3 Å². The Morgan fingerprint density at radius 2 is 1.76 bits per heavy atom. The summed E-state index contributed by atoms with van der Waals surface area (Å²) in [7, 11) is -4.04. The number of tetrazole rings is 1. The van der Waals surface area contributed by atoms with Gasteiger partial charge in [-0.1, -0.05) is 36.0 Å². The normalized spacial score (nSPS) is 11.1. The Labute approximate surface area is 215 Å². The third kappa shape index (κ3) is 6.48. The number of amides is 2. The average molecular weight is 542 g/mol. The molecule has 11 nitrogen and oxygen atoms in total. The molecular weight excluding hydrogens is 521 g/mol. The molecule has 1 heterocycles. The Balaban J connectivity index is 1.34. The van der Waals surface area contributed by atoms with Gasteiger partial charge in [0.25, 0.3) is 15.9 Å². The highest BCUT2D eigenvalue weighted by Gasteiger charge is 2.18. The highest BCUT2D eigenvalue weighted by Crippen LogP contribution is 2.20. The number of hydrogen-bond acceptors (Lipinski definition) is 8. The molecule has 0 aliphatic carbocycles. The van der Waals surface area contributed by atoms with Gasteiger partial charge in [-0.15, -0.1) is 5.10 Å². The summed E-state index contributed by atoms with van der Waals surface area (Å²) < 4.78 is 42.2. The number of nitrogens with zero attached hydrogens (tertiary/aromatic N) is 4. The molecule has 0 atom stereocenters. The van der Waals surface area contributed by atoms with Crippen LogP contribution in [0, 0.1) is 12.7 Å². The van der Waals surface area contributed by atoms with Crippen molar-refractivity contribution < 1.29 is 22.4 Å². The number of para-hydroxylation sites is 1. The lowest BCUT2D eigenvalue weighted by atomic mass is 10.2. The fraction of sp³-hybridized carbons (Fsp3) is 0.0870. The zero-order valence-corrected chi connectivity index (χ0v) is 20.9. The number of halogens is 1. The lowest BCUT2D eigenvalue weighted by molar-refractivity contribution is -0.119. The number of carbonyl (C=O) groups excluding carboxylic acids is 2. The van der Waals surface area contributed by atoms with Crippen LogP contribution < -0.4 is 15.6 Å². The van der Waals surface area contributed by atoms with Crippen LogP contribution in [-0.2, 0) is 14.8 Å². The van der Waals surface area contributed by atoms with Gasteiger partial charge in [-0.25, -0.2) is 12.8 Å². The summed E-state index contributed by atoms with van der Waals surface area (Å²) in [5.41, 5.74) is 6.41. The van der Waals surface area contributed by atoms with Gasteiger partial charge in [0.2, 0.25) is 11.1 Å². The van der Waals surface area contributed by atoms with Crippen LogP contribution in [-0.4, -0.2) is 46.2 Å². The van der Waals surface area contributed by atoms with Gasteiger partial charge in [-0.2, -0.15) is 4.68 Å². The zero-order chi connectivity index (χ0) is 26.4. The van der Waals surface area contributed by atoms with Gasteiger partial charge in [-0.3, -0.25) is 25.2 Å². The van der Waals surface area contributed by atoms with Crippen molar-refractivity contribution in [2.45, 2.75) is 17.0 Å². The average Bonchev–Trinajstić information content (AvgIpc) is 3.36. The molecule has 0 spiro atoms. The minimum absolute atomic E-state index is 0.00145. The number of sulfonamides is 1. The maximum atomic E-state index is 13.1. The van der Waals surface area contributed by atoms with Gasteiger partial charge in [0.15, 0.2) is 0 Å². The van der Waals surface area contributed by atoms with E-state index in [9.17, 15) is 22.4 Å². The van der Waals surface area contributed by atoms with Crippen molar-refractivity contribution in [2.24, 2.45) is 0 Å². The number of aromatic nitrogens is 4. The summed E-state index contributed by atoms with van der Waals surface area (Å²) in [6.45, 7) is 1.91. The van der Waals surface area contributed by atoms with E-state index in [2.05, 4.69) is 31.1 Å². The van der Waals surface area contributed by atoms with E-state index >= 15 is 0 Å². The molecule has 0 aliphatic heterocycles. The Morgan fingerprint density at radius 3 is 2.51 bits per heavy atom. The number of hydrogen-bond donors (Lipinski definition) is 3. The SMILES string of the molecule is Cc1ccccc1-n1nnnc1SCC(=O)NNC(=O)c1cccc(S(=O)(=O)Nc2ccc(F)cc2)c1. The van der Waals surface area contributed by atoms with Crippen LogP contribution in [0.25, 0.3) is 5.69 Å². The van der Waals surface area contributed by atoms with Gasteiger partial charge in [0.1, 0.15) is 5.82 Å². The zero-order valence-electron chi connectivity index (χ0n) is 19.3. The molecule has 0 bridgehead atoms. The molecule has 2 amide bonds. The Morgan fingerprint density at radius 1 is 1.00 bits per heavy atom. The van der Waals surface area contributed by atoms with Crippen molar-refractivity contribution in [1.82, 2.24) is 31.1 Å². The number of nitrogens with one attached hydrogen (secondary N) is 3. The first-order chi connectivity index (χ1) is 17.7. The lowest BCUT2D eigenvalue weighted by Gasteiger charge is -2.10. The first-order valence-corrected chi connectivity index (χ1v) is 13.1. The molecule has 0 saturated carbocycles. The molecule has 14 heteroatoms. The third-order valence-electron chi connectivity index (χ3n) is 4.94. The Kier molecular flexibility index (Phi) is 7.79. The molecular formula is C23H20FN7O4S2. The van der Waals surface area contributed by atoms with E-state index in [1.807, 2.05) is 31.2 Å². The quantitative estimate of drug-likeness (QED) is 0.228. The first-order valence-electron chi connectivity index (χ1n) is 10.7. The molecule has 4 aromatic rings. The fourth-order valence-electron chi connectivity index (χ4n) is 3.12. The van der Waals surface area contributed by atoms with Crippen molar-refractivity contribution in [1.29, 1.82) is 0 Å². The van der Waals surface area contributed by atoms with E-state index < -0.39 is 27.7 Å². The maximum Gasteiger partial charge on any atom is 0.269 e. The van der Waals surface area contributed by atoms with E-state index in [0.717, 1.165) is 41.2 Å². The smallest absolute Gasteiger partial charge is 0.269 e. The molecule has 37 heavy (non-hydrogen) atoms. The number of benzene rings is 3. The second-order valence-corrected chi connectivity index (χ2v) is 10.2. The Bertz CT molecular complexity index is 1540. The predicted octanol–water partition coefficient (Wildman–Crippen LogP) is 2.46. The minimum Gasteiger partial charge on any atom is -0.280 e. The Hall–Kier alpha value is -4.30. The topological polar surface area (TPSA) is 148 Å². The summed E-state index contributed by atoms with van der Waals surface area (Å²) in [4.78, 5) is 24.6.